The summed E-state index contributed by atoms with van der Waals surface area (Å²) < 4.78 is 27.4. The van der Waals surface area contributed by atoms with Crippen LogP contribution < -0.4 is 0 Å². The molecule has 114 valence electrons. The molecule has 0 bridgehead atoms. The smallest absolute Gasteiger partial charge is 0.338 e. The summed E-state index contributed by atoms with van der Waals surface area (Å²) in [6.07, 6.45) is 1.37. The standard InChI is InChI=1S/C12H7F2NO3S.C2H3N/c1-5-8(13)6(4-7(9(5)14)12(17)18)10(16)11-15-2-3-19-11;1-2-3/h2-4H,1H3,(H,17,18);1H3. The Morgan fingerprint density at radius 3 is 2.32 bits per heavy atom. The Bertz CT molecular complexity index is 752. The minimum Gasteiger partial charge on any atom is -0.478 e. The van der Waals surface area contributed by atoms with E-state index in [2.05, 4.69) is 4.98 Å². The van der Waals surface area contributed by atoms with Crippen molar-refractivity contribution in [2.45, 2.75) is 13.8 Å². The van der Waals surface area contributed by atoms with Crippen molar-refractivity contribution in [2.24, 2.45) is 0 Å². The van der Waals surface area contributed by atoms with E-state index in [0.717, 1.165) is 18.3 Å². The quantitative estimate of drug-likeness (QED) is 0.876. The van der Waals surface area contributed by atoms with E-state index in [1.54, 1.807) is 6.07 Å². The van der Waals surface area contributed by atoms with E-state index in [9.17, 15) is 18.4 Å². The summed E-state index contributed by atoms with van der Waals surface area (Å²) in [7, 11) is 0. The van der Waals surface area contributed by atoms with Crippen molar-refractivity contribution in [1.29, 1.82) is 5.26 Å². The van der Waals surface area contributed by atoms with Crippen LogP contribution in [-0.4, -0.2) is 21.8 Å². The molecule has 1 N–H and O–H groups in total. The van der Waals surface area contributed by atoms with Gasteiger partial charge in [-0.05, 0) is 13.0 Å². The maximum absolute atomic E-state index is 13.9. The minimum absolute atomic E-state index is 0.0150. The molecule has 2 aromatic rings. The number of carboxylic acids is 1. The molecule has 1 aromatic heterocycles. The summed E-state index contributed by atoms with van der Waals surface area (Å²) in [6.45, 7) is 2.51. The molecule has 0 aliphatic heterocycles. The molecule has 0 saturated heterocycles. The summed E-state index contributed by atoms with van der Waals surface area (Å²) in [5, 5.41) is 17.7. The molecule has 0 saturated carbocycles. The van der Waals surface area contributed by atoms with Crippen LogP contribution in [-0.2, 0) is 0 Å². The van der Waals surface area contributed by atoms with Crippen LogP contribution in [0.1, 0.15) is 38.2 Å². The number of nitriles is 1. The van der Waals surface area contributed by atoms with Crippen molar-refractivity contribution in [1.82, 2.24) is 4.98 Å². The van der Waals surface area contributed by atoms with Crippen molar-refractivity contribution in [3.8, 4) is 6.07 Å². The van der Waals surface area contributed by atoms with E-state index in [1.807, 2.05) is 0 Å². The fraction of sp³-hybridized carbons (Fsp3) is 0.143. The number of ketones is 1. The summed E-state index contributed by atoms with van der Waals surface area (Å²) in [6, 6.07) is 2.45. The Morgan fingerprint density at radius 1 is 1.32 bits per heavy atom. The fourth-order valence-corrected chi connectivity index (χ4v) is 2.13. The van der Waals surface area contributed by atoms with E-state index < -0.39 is 40.1 Å². The normalized spacial score (nSPS) is 9.41. The third kappa shape index (κ3) is 3.51. The number of nitrogens with zero attached hydrogens (tertiary/aromatic N) is 2. The van der Waals surface area contributed by atoms with Crippen molar-refractivity contribution in [2.75, 3.05) is 0 Å². The lowest BCUT2D eigenvalue weighted by Gasteiger charge is -2.07. The van der Waals surface area contributed by atoms with E-state index in [-0.39, 0.29) is 5.01 Å². The van der Waals surface area contributed by atoms with E-state index >= 15 is 0 Å². The highest BCUT2D eigenvalue weighted by Gasteiger charge is 2.24. The van der Waals surface area contributed by atoms with E-state index in [0.29, 0.717) is 6.07 Å². The second kappa shape index (κ2) is 7.38. The predicted octanol–water partition coefficient (Wildman–Crippen LogP) is 3.19. The van der Waals surface area contributed by atoms with Gasteiger partial charge in [0.25, 0.3) is 0 Å². The van der Waals surface area contributed by atoms with Gasteiger partial charge in [-0.1, -0.05) is 0 Å². The number of aromatic carboxylic acids is 1. The number of rotatable bonds is 3. The van der Waals surface area contributed by atoms with Gasteiger partial charge in [-0.2, -0.15) is 5.26 Å². The summed E-state index contributed by atoms with van der Waals surface area (Å²) in [5.74, 6) is -4.57. The van der Waals surface area contributed by atoms with Gasteiger partial charge in [-0.3, -0.25) is 4.79 Å². The topological polar surface area (TPSA) is 91.0 Å². The average Bonchev–Trinajstić information content (AvgIpc) is 2.99. The first-order valence-electron chi connectivity index (χ1n) is 5.82. The van der Waals surface area contributed by atoms with E-state index in [1.165, 1.54) is 18.5 Å². The van der Waals surface area contributed by atoms with Crippen LogP contribution in [0.4, 0.5) is 8.78 Å². The minimum atomic E-state index is -1.56. The Morgan fingerprint density at radius 2 is 1.86 bits per heavy atom. The molecule has 0 spiro atoms. The van der Waals surface area contributed by atoms with Crippen LogP contribution in [0.3, 0.4) is 0 Å². The lowest BCUT2D eigenvalue weighted by atomic mass is 10.0. The molecular formula is C14H10F2N2O3S. The van der Waals surface area contributed by atoms with Crippen LogP contribution >= 0.6 is 11.3 Å². The van der Waals surface area contributed by atoms with Crippen molar-refractivity contribution in [3.05, 3.63) is 51.0 Å². The van der Waals surface area contributed by atoms with Gasteiger partial charge in [0, 0.05) is 24.1 Å². The molecule has 0 fully saturated rings. The first-order valence-corrected chi connectivity index (χ1v) is 6.70. The molecular weight excluding hydrogens is 314 g/mol. The van der Waals surface area contributed by atoms with E-state index in [4.69, 9.17) is 10.4 Å². The van der Waals surface area contributed by atoms with Crippen LogP contribution in [0.25, 0.3) is 0 Å². The monoisotopic (exact) mass is 324 g/mol. The summed E-state index contributed by atoms with van der Waals surface area (Å²) in [4.78, 5) is 26.5. The first-order chi connectivity index (χ1) is 10.3. The number of thiazole rings is 1. The highest BCUT2D eigenvalue weighted by atomic mass is 32.1. The zero-order chi connectivity index (χ0) is 16.9. The molecule has 0 atom stereocenters. The summed E-state index contributed by atoms with van der Waals surface area (Å²) >= 11 is 0.990. The van der Waals surface area contributed by atoms with Gasteiger partial charge in [0.2, 0.25) is 5.78 Å². The Labute approximate surface area is 128 Å². The lowest BCUT2D eigenvalue weighted by molar-refractivity contribution is 0.0691. The maximum atomic E-state index is 13.9. The molecule has 1 aromatic carbocycles. The second-order valence-corrected chi connectivity index (χ2v) is 4.81. The van der Waals surface area contributed by atoms with Gasteiger partial charge < -0.3 is 5.11 Å². The predicted molar refractivity (Wildman–Crippen MR) is 74.9 cm³/mol. The highest BCUT2D eigenvalue weighted by molar-refractivity contribution is 7.11. The van der Waals surface area contributed by atoms with Gasteiger partial charge in [0.05, 0.1) is 17.2 Å². The van der Waals surface area contributed by atoms with Crippen molar-refractivity contribution >= 4 is 23.1 Å². The molecule has 0 amide bonds. The molecule has 1 heterocycles. The van der Waals surface area contributed by atoms with Gasteiger partial charge in [0.15, 0.2) is 5.01 Å². The Kier molecular flexibility index (Phi) is 5.83. The Balaban J connectivity index is 0.000000745. The number of benzene rings is 1. The van der Waals surface area contributed by atoms with Gasteiger partial charge in [0.1, 0.15) is 11.6 Å². The molecule has 0 radical (unpaired) electrons. The van der Waals surface area contributed by atoms with Crippen LogP contribution in [0.2, 0.25) is 0 Å². The second-order valence-electron chi connectivity index (χ2n) is 3.92. The van der Waals surface area contributed by atoms with Gasteiger partial charge in [-0.25, -0.2) is 18.6 Å². The van der Waals surface area contributed by atoms with Gasteiger partial charge >= 0.3 is 5.97 Å². The maximum Gasteiger partial charge on any atom is 0.338 e. The molecule has 22 heavy (non-hydrogen) atoms. The first kappa shape index (κ1) is 17.4. The largest absolute Gasteiger partial charge is 0.478 e. The third-order valence-electron chi connectivity index (χ3n) is 2.52. The van der Waals surface area contributed by atoms with Crippen LogP contribution in [0, 0.1) is 29.9 Å². The third-order valence-corrected chi connectivity index (χ3v) is 3.29. The molecule has 2 rings (SSSR count). The molecule has 8 heteroatoms. The summed E-state index contributed by atoms with van der Waals surface area (Å²) in [5.41, 5.74) is -1.73. The molecule has 0 aliphatic rings. The fourth-order valence-electron chi connectivity index (χ4n) is 1.54. The number of aromatic nitrogens is 1. The zero-order valence-corrected chi connectivity index (χ0v) is 12.4. The number of halogens is 2. The molecule has 0 aliphatic carbocycles. The highest BCUT2D eigenvalue weighted by Crippen LogP contribution is 2.23. The van der Waals surface area contributed by atoms with Gasteiger partial charge in [-0.15, -0.1) is 11.3 Å². The zero-order valence-electron chi connectivity index (χ0n) is 11.6. The SMILES string of the molecule is CC#N.Cc1c(F)c(C(=O)O)cc(C(=O)c2nccs2)c1F. The molecule has 0 unspecified atom stereocenters. The number of carboxylic acid groups (broad SMARTS) is 1. The Hall–Kier alpha value is -2.66. The number of hydrogen-bond acceptors (Lipinski definition) is 5. The lowest BCUT2D eigenvalue weighted by Crippen LogP contribution is -2.11. The van der Waals surface area contributed by atoms with Crippen LogP contribution in [0.15, 0.2) is 17.6 Å². The van der Waals surface area contributed by atoms with Crippen molar-refractivity contribution < 1.29 is 23.5 Å². The van der Waals surface area contributed by atoms with Crippen LogP contribution in [0.5, 0.6) is 0 Å². The number of carbonyl (C=O) groups excluding carboxylic acids is 1. The number of hydrogen-bond donors (Lipinski definition) is 1. The van der Waals surface area contributed by atoms with Crippen molar-refractivity contribution in [3.63, 3.8) is 0 Å². The average molecular weight is 324 g/mol. The number of carbonyl (C=O) groups is 2. The molecule has 5 nitrogen and oxygen atoms in total.